The average Bonchev–Trinajstić information content (AvgIpc) is 2.83. The van der Waals surface area contributed by atoms with Crippen molar-refractivity contribution >= 4 is 28.6 Å². The van der Waals surface area contributed by atoms with E-state index in [0.717, 1.165) is 22.0 Å². The predicted molar refractivity (Wildman–Crippen MR) is 121 cm³/mol. The first kappa shape index (κ1) is 19.9. The van der Waals surface area contributed by atoms with E-state index in [-0.39, 0.29) is 5.57 Å². The molecule has 1 heterocycles. The van der Waals surface area contributed by atoms with E-state index in [0.29, 0.717) is 18.0 Å². The maximum atomic E-state index is 12.7. The molecule has 1 amide bonds. The number of carbonyl (C=O) groups is 1. The summed E-state index contributed by atoms with van der Waals surface area (Å²) in [4.78, 5) is 17.0. The fraction of sp³-hybridized carbons (Fsp3) is 0.0385. The van der Waals surface area contributed by atoms with Gasteiger partial charge in [0.1, 0.15) is 24.0 Å². The van der Waals surface area contributed by atoms with Crippen LogP contribution in [0.4, 0.5) is 5.69 Å². The van der Waals surface area contributed by atoms with E-state index in [2.05, 4.69) is 10.3 Å². The van der Waals surface area contributed by atoms with Gasteiger partial charge in [0.2, 0.25) is 0 Å². The number of fused-ring (bicyclic) bond motifs is 1. The van der Waals surface area contributed by atoms with E-state index in [9.17, 15) is 10.1 Å². The molecule has 4 aromatic rings. The summed E-state index contributed by atoms with van der Waals surface area (Å²) in [5.41, 5.74) is 3.21. The van der Waals surface area contributed by atoms with Gasteiger partial charge < -0.3 is 10.1 Å². The number of hydrogen-bond donors (Lipinski definition) is 1. The number of amides is 1. The Kier molecular flexibility index (Phi) is 6.01. The number of hydrogen-bond acceptors (Lipinski definition) is 4. The SMILES string of the molecule is N#C/C(=C\c1ccc(OCc2ccccc2)cc1)C(=O)Nc1cccc2ncccc12. The minimum Gasteiger partial charge on any atom is -0.489 e. The van der Waals surface area contributed by atoms with Crippen LogP contribution in [0.25, 0.3) is 17.0 Å². The number of ether oxygens (including phenoxy) is 1. The Morgan fingerprint density at radius 1 is 0.968 bits per heavy atom. The Morgan fingerprint density at radius 3 is 2.55 bits per heavy atom. The van der Waals surface area contributed by atoms with Crippen LogP contribution in [0.15, 0.2) is 96.7 Å². The van der Waals surface area contributed by atoms with Crippen LogP contribution in [0.1, 0.15) is 11.1 Å². The molecule has 31 heavy (non-hydrogen) atoms. The van der Waals surface area contributed by atoms with E-state index in [1.807, 2.05) is 78.9 Å². The molecule has 0 bridgehead atoms. The van der Waals surface area contributed by atoms with Crippen molar-refractivity contribution in [2.24, 2.45) is 0 Å². The van der Waals surface area contributed by atoms with Crippen molar-refractivity contribution in [2.75, 3.05) is 5.32 Å². The van der Waals surface area contributed by atoms with Crippen molar-refractivity contribution in [2.45, 2.75) is 6.61 Å². The zero-order valence-corrected chi connectivity index (χ0v) is 16.7. The molecule has 150 valence electrons. The number of aromatic nitrogens is 1. The molecular weight excluding hydrogens is 386 g/mol. The second kappa shape index (κ2) is 9.38. The smallest absolute Gasteiger partial charge is 0.266 e. The van der Waals surface area contributed by atoms with Crippen LogP contribution in [0.2, 0.25) is 0 Å². The van der Waals surface area contributed by atoms with Crippen molar-refractivity contribution in [1.29, 1.82) is 5.26 Å². The van der Waals surface area contributed by atoms with Crippen LogP contribution >= 0.6 is 0 Å². The number of carbonyl (C=O) groups excluding carboxylic acids is 1. The summed E-state index contributed by atoms with van der Waals surface area (Å²) in [6, 6.07) is 28.3. The number of anilines is 1. The molecular formula is C26H19N3O2. The molecule has 0 aliphatic heterocycles. The minimum absolute atomic E-state index is 0.0128. The predicted octanol–water partition coefficient (Wildman–Crippen LogP) is 5.36. The Bertz CT molecular complexity index is 1270. The molecule has 5 heteroatoms. The van der Waals surface area contributed by atoms with Crippen molar-refractivity contribution in [3.63, 3.8) is 0 Å². The number of nitriles is 1. The molecule has 0 atom stereocenters. The maximum absolute atomic E-state index is 12.7. The summed E-state index contributed by atoms with van der Waals surface area (Å²) < 4.78 is 5.77. The van der Waals surface area contributed by atoms with Gasteiger partial charge in [0, 0.05) is 11.6 Å². The van der Waals surface area contributed by atoms with E-state index >= 15 is 0 Å². The first-order valence-electron chi connectivity index (χ1n) is 9.76. The second-order valence-electron chi connectivity index (χ2n) is 6.84. The average molecular weight is 405 g/mol. The van der Waals surface area contributed by atoms with Crippen LogP contribution in [0, 0.1) is 11.3 Å². The lowest BCUT2D eigenvalue weighted by atomic mass is 10.1. The highest BCUT2D eigenvalue weighted by Gasteiger charge is 2.11. The standard InChI is InChI=1S/C26H19N3O2/c27-17-21(26(30)29-25-10-4-9-24-23(25)8-5-15-28-24)16-19-11-13-22(14-12-19)31-18-20-6-2-1-3-7-20/h1-16H,18H2,(H,29,30)/b21-16+. The van der Waals surface area contributed by atoms with Crippen LogP contribution in [0.3, 0.4) is 0 Å². The number of pyridine rings is 1. The summed E-state index contributed by atoms with van der Waals surface area (Å²) in [5.74, 6) is 0.246. The third-order valence-electron chi connectivity index (χ3n) is 4.70. The summed E-state index contributed by atoms with van der Waals surface area (Å²) in [7, 11) is 0. The van der Waals surface area contributed by atoms with Gasteiger partial charge in [-0.3, -0.25) is 9.78 Å². The first-order chi connectivity index (χ1) is 15.2. The molecule has 0 radical (unpaired) electrons. The van der Waals surface area contributed by atoms with Gasteiger partial charge in [0.05, 0.1) is 11.2 Å². The van der Waals surface area contributed by atoms with E-state index in [1.54, 1.807) is 24.4 Å². The Balaban J connectivity index is 1.46. The molecule has 0 spiro atoms. The topological polar surface area (TPSA) is 75.0 Å². The fourth-order valence-corrected chi connectivity index (χ4v) is 3.12. The van der Waals surface area contributed by atoms with Crippen molar-refractivity contribution in [3.8, 4) is 11.8 Å². The van der Waals surface area contributed by atoms with Gasteiger partial charge in [-0.15, -0.1) is 0 Å². The van der Waals surface area contributed by atoms with Gasteiger partial charge >= 0.3 is 0 Å². The number of benzene rings is 3. The highest BCUT2D eigenvalue weighted by molar-refractivity contribution is 6.12. The third kappa shape index (κ3) is 4.95. The number of rotatable bonds is 6. The van der Waals surface area contributed by atoms with Crippen molar-refractivity contribution in [1.82, 2.24) is 4.98 Å². The molecule has 0 saturated heterocycles. The molecule has 0 saturated carbocycles. The van der Waals surface area contributed by atoms with Gasteiger partial charge in [0.25, 0.3) is 5.91 Å². The van der Waals surface area contributed by atoms with E-state index < -0.39 is 5.91 Å². The normalized spacial score (nSPS) is 11.0. The monoisotopic (exact) mass is 405 g/mol. The summed E-state index contributed by atoms with van der Waals surface area (Å²) in [6.07, 6.45) is 3.25. The fourth-order valence-electron chi connectivity index (χ4n) is 3.12. The quantitative estimate of drug-likeness (QED) is 0.346. The zero-order chi connectivity index (χ0) is 21.5. The van der Waals surface area contributed by atoms with Crippen LogP contribution in [-0.4, -0.2) is 10.9 Å². The molecule has 1 N–H and O–H groups in total. The molecule has 4 rings (SSSR count). The molecule has 5 nitrogen and oxygen atoms in total. The van der Waals surface area contributed by atoms with E-state index in [4.69, 9.17) is 4.74 Å². The van der Waals surface area contributed by atoms with Crippen LogP contribution in [-0.2, 0) is 11.4 Å². The van der Waals surface area contributed by atoms with Gasteiger partial charge in [-0.2, -0.15) is 5.26 Å². The molecule has 0 fully saturated rings. The van der Waals surface area contributed by atoms with E-state index in [1.165, 1.54) is 0 Å². The Morgan fingerprint density at radius 2 is 1.77 bits per heavy atom. The highest BCUT2D eigenvalue weighted by Crippen LogP contribution is 2.22. The third-order valence-corrected chi connectivity index (χ3v) is 4.70. The zero-order valence-electron chi connectivity index (χ0n) is 16.7. The van der Waals surface area contributed by atoms with Crippen molar-refractivity contribution < 1.29 is 9.53 Å². The van der Waals surface area contributed by atoms with Gasteiger partial charge in [-0.05, 0) is 53.6 Å². The first-order valence-corrected chi connectivity index (χ1v) is 9.76. The lowest BCUT2D eigenvalue weighted by molar-refractivity contribution is -0.112. The summed E-state index contributed by atoms with van der Waals surface area (Å²) in [5, 5.41) is 13.1. The van der Waals surface area contributed by atoms with Crippen LogP contribution in [0.5, 0.6) is 5.75 Å². The molecule has 0 aliphatic rings. The number of nitrogens with one attached hydrogen (secondary N) is 1. The largest absolute Gasteiger partial charge is 0.489 e. The maximum Gasteiger partial charge on any atom is 0.266 e. The molecule has 0 aliphatic carbocycles. The molecule has 3 aromatic carbocycles. The lowest BCUT2D eigenvalue weighted by Gasteiger charge is -2.08. The van der Waals surface area contributed by atoms with Gasteiger partial charge in [-0.1, -0.05) is 48.5 Å². The summed E-state index contributed by atoms with van der Waals surface area (Å²) >= 11 is 0. The molecule has 0 unspecified atom stereocenters. The Hall–Kier alpha value is -4.43. The Labute approximate surface area is 180 Å². The number of nitrogens with zero attached hydrogens (tertiary/aromatic N) is 2. The minimum atomic E-state index is -0.469. The molecule has 1 aromatic heterocycles. The van der Waals surface area contributed by atoms with Crippen molar-refractivity contribution in [3.05, 3.63) is 108 Å². The van der Waals surface area contributed by atoms with Gasteiger partial charge in [-0.25, -0.2) is 0 Å². The second-order valence-corrected chi connectivity index (χ2v) is 6.84. The lowest BCUT2D eigenvalue weighted by Crippen LogP contribution is -2.13. The summed E-state index contributed by atoms with van der Waals surface area (Å²) in [6.45, 7) is 0.474. The van der Waals surface area contributed by atoms with Crippen LogP contribution < -0.4 is 10.1 Å². The highest BCUT2D eigenvalue weighted by atomic mass is 16.5. The van der Waals surface area contributed by atoms with Gasteiger partial charge in [0.15, 0.2) is 0 Å².